The minimum absolute atomic E-state index is 0.154. The van der Waals surface area contributed by atoms with E-state index in [1.165, 1.54) is 10.4 Å². The van der Waals surface area contributed by atoms with E-state index >= 15 is 0 Å². The molecule has 1 unspecified atom stereocenters. The van der Waals surface area contributed by atoms with Gasteiger partial charge in [-0.2, -0.15) is 0 Å². The largest absolute Gasteiger partial charge is 0.149 e. The van der Waals surface area contributed by atoms with Crippen LogP contribution < -0.4 is 0 Å². The van der Waals surface area contributed by atoms with Crippen molar-refractivity contribution < 1.29 is 0 Å². The zero-order valence-electron chi connectivity index (χ0n) is 9.10. The molecular formula is C14H15ClS. The van der Waals surface area contributed by atoms with Crippen molar-refractivity contribution in [3.63, 3.8) is 0 Å². The number of alkyl halides is 1. The summed E-state index contributed by atoms with van der Waals surface area (Å²) in [6.07, 6.45) is 3.35. The first-order valence-electron chi connectivity index (χ1n) is 5.57. The van der Waals surface area contributed by atoms with Crippen LogP contribution in [0.2, 0.25) is 0 Å². The molecule has 2 heteroatoms. The summed E-state index contributed by atoms with van der Waals surface area (Å²) in [5.41, 5.74) is 1.23. The maximum atomic E-state index is 6.35. The van der Waals surface area contributed by atoms with Crippen LogP contribution in [-0.2, 0) is 6.42 Å². The van der Waals surface area contributed by atoms with E-state index in [2.05, 4.69) is 29.6 Å². The summed E-state index contributed by atoms with van der Waals surface area (Å²) in [6.45, 7) is 0. The van der Waals surface area contributed by atoms with E-state index in [9.17, 15) is 0 Å². The molecule has 1 aromatic carbocycles. The molecular weight excluding hydrogens is 236 g/mol. The molecule has 0 radical (unpaired) electrons. The van der Waals surface area contributed by atoms with Crippen molar-refractivity contribution >= 4 is 22.9 Å². The molecule has 0 aliphatic rings. The highest BCUT2D eigenvalue weighted by Gasteiger charge is 2.06. The quantitative estimate of drug-likeness (QED) is 0.652. The predicted octanol–water partition coefficient (Wildman–Crippen LogP) is 5.05. The minimum Gasteiger partial charge on any atom is -0.149 e. The Morgan fingerprint density at radius 3 is 2.56 bits per heavy atom. The molecule has 0 N–H and O–H groups in total. The molecule has 0 aliphatic heterocycles. The smallest absolute Gasteiger partial charge is 0.0585 e. The van der Waals surface area contributed by atoms with Crippen LogP contribution in [0.4, 0.5) is 0 Å². The van der Waals surface area contributed by atoms with Gasteiger partial charge >= 0.3 is 0 Å². The van der Waals surface area contributed by atoms with E-state index in [1.807, 2.05) is 29.5 Å². The van der Waals surface area contributed by atoms with Gasteiger partial charge in [-0.1, -0.05) is 36.4 Å². The summed E-state index contributed by atoms with van der Waals surface area (Å²) in [5, 5.41) is 2.28. The van der Waals surface area contributed by atoms with Crippen molar-refractivity contribution in [2.24, 2.45) is 0 Å². The fourth-order valence-electron chi connectivity index (χ4n) is 1.74. The van der Waals surface area contributed by atoms with Crippen molar-refractivity contribution in [2.75, 3.05) is 0 Å². The van der Waals surface area contributed by atoms with Gasteiger partial charge in [0.25, 0.3) is 0 Å². The van der Waals surface area contributed by atoms with Gasteiger partial charge in [0.05, 0.1) is 5.38 Å². The number of aryl methyl sites for hydroxylation is 1. The Labute approximate surface area is 106 Å². The molecule has 16 heavy (non-hydrogen) atoms. The first-order chi connectivity index (χ1) is 7.86. The summed E-state index contributed by atoms with van der Waals surface area (Å²) < 4.78 is 0. The molecule has 0 fully saturated rings. The van der Waals surface area contributed by atoms with E-state index in [-0.39, 0.29) is 5.38 Å². The zero-order valence-corrected chi connectivity index (χ0v) is 10.7. The summed E-state index contributed by atoms with van der Waals surface area (Å²) in [4.78, 5) is 1.46. The average Bonchev–Trinajstić information content (AvgIpc) is 2.83. The summed E-state index contributed by atoms with van der Waals surface area (Å²) in [5.74, 6) is 0. The number of hydrogen-bond donors (Lipinski definition) is 0. The van der Waals surface area contributed by atoms with Crippen LogP contribution in [0.3, 0.4) is 0 Å². The lowest BCUT2D eigenvalue weighted by Crippen LogP contribution is -1.91. The average molecular weight is 251 g/mol. The lowest BCUT2D eigenvalue weighted by Gasteiger charge is -2.08. The third-order valence-electron chi connectivity index (χ3n) is 2.62. The van der Waals surface area contributed by atoms with Gasteiger partial charge in [-0.15, -0.1) is 22.9 Å². The first-order valence-corrected chi connectivity index (χ1v) is 6.89. The first kappa shape index (κ1) is 11.7. The van der Waals surface area contributed by atoms with Gasteiger partial charge in [-0.25, -0.2) is 0 Å². The lowest BCUT2D eigenvalue weighted by atomic mass is 10.1. The number of thiophene rings is 1. The van der Waals surface area contributed by atoms with E-state index in [0.717, 1.165) is 19.3 Å². The SMILES string of the molecule is ClC(CCCc1cccs1)c1ccccc1. The number of rotatable bonds is 5. The van der Waals surface area contributed by atoms with Gasteiger partial charge in [-0.05, 0) is 36.3 Å². The molecule has 1 heterocycles. The normalized spacial score (nSPS) is 12.6. The Kier molecular flexibility index (Phi) is 4.44. The second kappa shape index (κ2) is 6.07. The fraction of sp³-hybridized carbons (Fsp3) is 0.286. The van der Waals surface area contributed by atoms with Crippen LogP contribution in [0.5, 0.6) is 0 Å². The van der Waals surface area contributed by atoms with E-state index in [4.69, 9.17) is 11.6 Å². The molecule has 1 atom stereocenters. The van der Waals surface area contributed by atoms with Gasteiger partial charge in [-0.3, -0.25) is 0 Å². The van der Waals surface area contributed by atoms with Crippen molar-refractivity contribution in [2.45, 2.75) is 24.6 Å². The van der Waals surface area contributed by atoms with Crippen LogP contribution in [0.25, 0.3) is 0 Å². The molecule has 1 aromatic heterocycles. The second-order valence-electron chi connectivity index (χ2n) is 3.85. The van der Waals surface area contributed by atoms with Crippen molar-refractivity contribution in [3.05, 3.63) is 58.3 Å². The third kappa shape index (κ3) is 3.36. The summed E-state index contributed by atoms with van der Waals surface area (Å²) >= 11 is 8.18. The molecule has 0 amide bonds. The van der Waals surface area contributed by atoms with Crippen molar-refractivity contribution in [3.8, 4) is 0 Å². The van der Waals surface area contributed by atoms with Gasteiger partial charge in [0, 0.05) is 4.88 Å². The lowest BCUT2D eigenvalue weighted by molar-refractivity contribution is 0.721. The third-order valence-corrected chi connectivity index (χ3v) is 4.03. The summed E-state index contributed by atoms with van der Waals surface area (Å²) in [6, 6.07) is 14.6. The van der Waals surface area contributed by atoms with Crippen LogP contribution in [-0.4, -0.2) is 0 Å². The number of benzene rings is 1. The molecule has 0 bridgehead atoms. The molecule has 0 spiro atoms. The maximum Gasteiger partial charge on any atom is 0.0585 e. The van der Waals surface area contributed by atoms with Gasteiger partial charge in [0.15, 0.2) is 0 Å². The number of halogens is 1. The highest BCUT2D eigenvalue weighted by molar-refractivity contribution is 7.09. The summed E-state index contributed by atoms with van der Waals surface area (Å²) in [7, 11) is 0. The Balaban J connectivity index is 1.78. The van der Waals surface area contributed by atoms with Gasteiger partial charge in [0.1, 0.15) is 0 Å². The van der Waals surface area contributed by atoms with Crippen LogP contribution >= 0.6 is 22.9 Å². The standard InChI is InChI=1S/C14H15ClS/c15-14(12-6-2-1-3-7-12)10-4-8-13-9-5-11-16-13/h1-3,5-7,9,11,14H,4,8,10H2. The van der Waals surface area contributed by atoms with E-state index < -0.39 is 0 Å². The number of hydrogen-bond acceptors (Lipinski definition) is 1. The Morgan fingerprint density at radius 2 is 1.88 bits per heavy atom. The van der Waals surface area contributed by atoms with E-state index in [1.54, 1.807) is 0 Å². The van der Waals surface area contributed by atoms with Crippen molar-refractivity contribution in [1.82, 2.24) is 0 Å². The van der Waals surface area contributed by atoms with Crippen molar-refractivity contribution in [1.29, 1.82) is 0 Å². The molecule has 0 saturated carbocycles. The minimum atomic E-state index is 0.154. The molecule has 0 nitrogen and oxygen atoms in total. The molecule has 0 aliphatic carbocycles. The molecule has 0 saturated heterocycles. The Hall–Kier alpha value is -0.790. The highest BCUT2D eigenvalue weighted by Crippen LogP contribution is 2.26. The van der Waals surface area contributed by atoms with Crippen LogP contribution in [0, 0.1) is 0 Å². The maximum absolute atomic E-state index is 6.35. The molecule has 2 aromatic rings. The fourth-order valence-corrected chi connectivity index (χ4v) is 2.79. The predicted molar refractivity (Wildman–Crippen MR) is 72.3 cm³/mol. The monoisotopic (exact) mass is 250 g/mol. The van der Waals surface area contributed by atoms with Crippen LogP contribution in [0.15, 0.2) is 47.8 Å². The Bertz CT molecular complexity index is 394. The molecule has 84 valence electrons. The highest BCUT2D eigenvalue weighted by atomic mass is 35.5. The second-order valence-corrected chi connectivity index (χ2v) is 5.41. The van der Waals surface area contributed by atoms with Crippen LogP contribution in [0.1, 0.15) is 28.7 Å². The van der Waals surface area contributed by atoms with Gasteiger partial charge < -0.3 is 0 Å². The zero-order chi connectivity index (χ0) is 11.2. The molecule has 2 rings (SSSR count). The Morgan fingerprint density at radius 1 is 1.06 bits per heavy atom. The van der Waals surface area contributed by atoms with E-state index in [0.29, 0.717) is 0 Å². The topological polar surface area (TPSA) is 0 Å². The van der Waals surface area contributed by atoms with Gasteiger partial charge in [0.2, 0.25) is 0 Å².